The maximum Gasteiger partial charge on any atom is 0.348 e. The molecule has 1 unspecified atom stereocenters. The van der Waals surface area contributed by atoms with Crippen LogP contribution in [-0.4, -0.2) is 38.2 Å². The highest BCUT2D eigenvalue weighted by atomic mass is 19.1. The summed E-state index contributed by atoms with van der Waals surface area (Å²) < 4.78 is 28.4. The molecule has 110 valence electrons. The number of carbonyl (C=O) groups excluding carboxylic acids is 2. The minimum atomic E-state index is -2.34. The predicted molar refractivity (Wildman–Crippen MR) is 70.0 cm³/mol. The highest BCUT2D eigenvalue weighted by Gasteiger charge is 2.28. The Labute approximate surface area is 116 Å². The van der Waals surface area contributed by atoms with Gasteiger partial charge in [-0.15, -0.1) is 0 Å². The Morgan fingerprint density at radius 1 is 1.15 bits per heavy atom. The molecule has 0 saturated carbocycles. The lowest BCUT2D eigenvalue weighted by Gasteiger charge is -2.12. The topological polar surface area (TPSA) is 61.8 Å². The number of methoxy groups -OCH3 is 1. The van der Waals surface area contributed by atoms with E-state index in [-0.39, 0.29) is 5.56 Å². The summed E-state index contributed by atoms with van der Waals surface area (Å²) in [4.78, 5) is 22.8. The fourth-order valence-electron chi connectivity index (χ4n) is 1.56. The van der Waals surface area contributed by atoms with Gasteiger partial charge < -0.3 is 14.2 Å². The quantitative estimate of drug-likeness (QED) is 0.436. The fourth-order valence-corrected chi connectivity index (χ4v) is 1.56. The Kier molecular flexibility index (Phi) is 5.96. The molecule has 1 atom stereocenters. The van der Waals surface area contributed by atoms with Crippen LogP contribution in [0.4, 0.5) is 4.39 Å². The molecule has 0 aromatic heterocycles. The number of hydrogen-bond acceptors (Lipinski definition) is 5. The van der Waals surface area contributed by atoms with Gasteiger partial charge in [0.25, 0.3) is 6.17 Å². The summed E-state index contributed by atoms with van der Waals surface area (Å²) in [6.45, 7) is 4.38. The predicted octanol–water partition coefficient (Wildman–Crippen LogP) is 2.18. The number of halogens is 1. The number of benzene rings is 1. The third-order valence-electron chi connectivity index (χ3n) is 2.47. The molecular weight excluding hydrogens is 267 g/mol. The summed E-state index contributed by atoms with van der Waals surface area (Å²) in [6, 6.07) is 4.24. The SMILES string of the molecule is CCOc1ccc(C(=O)C(F)C(=O)OC)cc1OCC. The molecule has 0 aliphatic carbocycles. The Bertz CT molecular complexity index is 486. The van der Waals surface area contributed by atoms with Gasteiger partial charge in [0, 0.05) is 5.56 Å². The van der Waals surface area contributed by atoms with Crippen LogP contribution < -0.4 is 9.47 Å². The number of Topliss-reactive ketones (excluding diaryl/α,β-unsaturated/α-hetero) is 1. The third kappa shape index (κ3) is 3.69. The van der Waals surface area contributed by atoms with Crippen molar-refractivity contribution in [3.63, 3.8) is 0 Å². The first kappa shape index (κ1) is 15.9. The number of alkyl halides is 1. The molecule has 1 aromatic rings. The van der Waals surface area contributed by atoms with Gasteiger partial charge in [-0.25, -0.2) is 9.18 Å². The van der Waals surface area contributed by atoms with Crippen LogP contribution in [0.5, 0.6) is 11.5 Å². The van der Waals surface area contributed by atoms with Gasteiger partial charge >= 0.3 is 5.97 Å². The van der Waals surface area contributed by atoms with E-state index in [1.165, 1.54) is 18.2 Å². The summed E-state index contributed by atoms with van der Waals surface area (Å²) >= 11 is 0. The van der Waals surface area contributed by atoms with Gasteiger partial charge in [0.2, 0.25) is 5.78 Å². The zero-order chi connectivity index (χ0) is 15.1. The minimum Gasteiger partial charge on any atom is -0.490 e. The number of carbonyl (C=O) groups is 2. The van der Waals surface area contributed by atoms with Crippen LogP contribution in [0.25, 0.3) is 0 Å². The number of esters is 1. The van der Waals surface area contributed by atoms with Crippen molar-refractivity contribution in [3.05, 3.63) is 23.8 Å². The van der Waals surface area contributed by atoms with E-state index in [1.807, 2.05) is 6.92 Å². The zero-order valence-electron chi connectivity index (χ0n) is 11.6. The molecule has 0 aliphatic heterocycles. The molecule has 1 aromatic carbocycles. The van der Waals surface area contributed by atoms with Crippen LogP contribution in [0, 0.1) is 0 Å². The van der Waals surface area contributed by atoms with E-state index in [1.54, 1.807) is 6.92 Å². The van der Waals surface area contributed by atoms with Gasteiger partial charge in [0.1, 0.15) is 0 Å². The number of rotatable bonds is 7. The van der Waals surface area contributed by atoms with Crippen molar-refractivity contribution in [2.75, 3.05) is 20.3 Å². The first-order valence-corrected chi connectivity index (χ1v) is 6.20. The molecule has 1 rings (SSSR count). The van der Waals surface area contributed by atoms with Crippen LogP contribution in [0.2, 0.25) is 0 Å². The van der Waals surface area contributed by atoms with Crippen molar-refractivity contribution >= 4 is 11.8 Å². The number of hydrogen-bond donors (Lipinski definition) is 0. The molecule has 0 aliphatic rings. The molecule has 0 N–H and O–H groups in total. The van der Waals surface area contributed by atoms with E-state index >= 15 is 0 Å². The van der Waals surface area contributed by atoms with E-state index < -0.39 is 17.9 Å². The normalized spacial score (nSPS) is 11.6. The molecule has 20 heavy (non-hydrogen) atoms. The monoisotopic (exact) mass is 284 g/mol. The largest absolute Gasteiger partial charge is 0.490 e. The molecule has 0 fully saturated rings. The summed E-state index contributed by atoms with van der Waals surface area (Å²) in [5, 5.41) is 0. The summed E-state index contributed by atoms with van der Waals surface area (Å²) in [7, 11) is 1.02. The minimum absolute atomic E-state index is 0.0230. The summed E-state index contributed by atoms with van der Waals surface area (Å²) in [5.74, 6) is -1.40. The van der Waals surface area contributed by atoms with Gasteiger partial charge in [-0.1, -0.05) is 0 Å². The van der Waals surface area contributed by atoms with Crippen LogP contribution in [-0.2, 0) is 9.53 Å². The lowest BCUT2D eigenvalue weighted by atomic mass is 10.1. The van der Waals surface area contributed by atoms with E-state index in [2.05, 4.69) is 4.74 Å². The van der Waals surface area contributed by atoms with Crippen LogP contribution in [0.1, 0.15) is 24.2 Å². The second-order valence-electron chi connectivity index (χ2n) is 3.78. The van der Waals surface area contributed by atoms with Crippen molar-refractivity contribution in [1.29, 1.82) is 0 Å². The molecule has 0 heterocycles. The summed E-state index contributed by atoms with van der Waals surface area (Å²) in [6.07, 6.45) is -2.34. The molecule has 6 heteroatoms. The lowest BCUT2D eigenvalue weighted by Crippen LogP contribution is -2.27. The van der Waals surface area contributed by atoms with Crippen molar-refractivity contribution in [2.45, 2.75) is 20.0 Å². The van der Waals surface area contributed by atoms with Gasteiger partial charge in [-0.2, -0.15) is 0 Å². The van der Waals surface area contributed by atoms with Crippen molar-refractivity contribution in [3.8, 4) is 11.5 Å². The fraction of sp³-hybridized carbons (Fsp3) is 0.429. The van der Waals surface area contributed by atoms with Gasteiger partial charge in [0.15, 0.2) is 11.5 Å². The standard InChI is InChI=1S/C14H17FO5/c1-4-19-10-7-6-9(8-11(10)20-5-2)13(16)12(15)14(17)18-3/h6-8,12H,4-5H2,1-3H3. The number of ether oxygens (including phenoxy) is 3. The molecule has 5 nitrogen and oxygen atoms in total. The zero-order valence-corrected chi connectivity index (χ0v) is 11.6. The first-order chi connectivity index (χ1) is 9.54. The van der Waals surface area contributed by atoms with Gasteiger partial charge in [0.05, 0.1) is 20.3 Å². The molecule has 0 spiro atoms. The molecule has 0 amide bonds. The van der Waals surface area contributed by atoms with Crippen LogP contribution in [0.15, 0.2) is 18.2 Å². The van der Waals surface area contributed by atoms with E-state index in [4.69, 9.17) is 9.47 Å². The van der Waals surface area contributed by atoms with Gasteiger partial charge in [-0.05, 0) is 32.0 Å². The lowest BCUT2D eigenvalue weighted by molar-refractivity contribution is -0.144. The van der Waals surface area contributed by atoms with Crippen molar-refractivity contribution in [1.82, 2.24) is 0 Å². The highest BCUT2D eigenvalue weighted by molar-refractivity contribution is 6.11. The molecule has 0 saturated heterocycles. The Hall–Kier alpha value is -2.11. The maximum atomic E-state index is 13.5. The summed E-state index contributed by atoms with van der Waals surface area (Å²) in [5.41, 5.74) is 0.0230. The molecular formula is C14H17FO5. The third-order valence-corrected chi connectivity index (χ3v) is 2.47. The highest BCUT2D eigenvalue weighted by Crippen LogP contribution is 2.29. The second kappa shape index (κ2) is 7.47. The average Bonchev–Trinajstić information content (AvgIpc) is 2.47. The maximum absolute atomic E-state index is 13.5. The second-order valence-corrected chi connectivity index (χ2v) is 3.78. The van der Waals surface area contributed by atoms with Crippen molar-refractivity contribution < 1.29 is 28.2 Å². The van der Waals surface area contributed by atoms with Crippen LogP contribution >= 0.6 is 0 Å². The number of ketones is 1. The molecule has 0 radical (unpaired) electrons. The van der Waals surface area contributed by atoms with E-state index in [9.17, 15) is 14.0 Å². The Morgan fingerprint density at radius 3 is 2.30 bits per heavy atom. The van der Waals surface area contributed by atoms with E-state index in [0.717, 1.165) is 7.11 Å². The smallest absolute Gasteiger partial charge is 0.348 e. The molecule has 0 bridgehead atoms. The average molecular weight is 284 g/mol. The van der Waals surface area contributed by atoms with Crippen molar-refractivity contribution in [2.24, 2.45) is 0 Å². The Balaban J connectivity index is 3.04. The first-order valence-electron chi connectivity index (χ1n) is 6.20. The Morgan fingerprint density at radius 2 is 1.75 bits per heavy atom. The van der Waals surface area contributed by atoms with Crippen LogP contribution in [0.3, 0.4) is 0 Å². The van der Waals surface area contributed by atoms with Gasteiger partial charge in [-0.3, -0.25) is 4.79 Å². The van der Waals surface area contributed by atoms with E-state index in [0.29, 0.717) is 24.7 Å².